The molecule has 0 radical (unpaired) electrons. The van der Waals surface area contributed by atoms with Crippen LogP contribution in [0.2, 0.25) is 40.2 Å². The molecule has 1 atom stereocenters. The van der Waals surface area contributed by atoms with Crippen molar-refractivity contribution in [3.63, 3.8) is 0 Å². The zero-order chi connectivity index (χ0) is 35.4. The van der Waals surface area contributed by atoms with E-state index in [4.69, 9.17) is 97.5 Å². The fourth-order valence-corrected chi connectivity index (χ4v) is 7.74. The van der Waals surface area contributed by atoms with Crippen LogP contribution in [0.25, 0.3) is 0 Å². The minimum absolute atomic E-state index is 0.0687. The third kappa shape index (κ3) is 7.71. The number of hydrogen-bond donors (Lipinski definition) is 0. The maximum absolute atomic E-state index is 13.6. The Kier molecular flexibility index (Phi) is 14.0. The van der Waals surface area contributed by atoms with Gasteiger partial charge in [0.1, 0.15) is 6.04 Å². The maximum Gasteiger partial charge on any atom is 0.329 e. The molecule has 0 saturated carbocycles. The number of rotatable bonds is 16. The Morgan fingerprint density at radius 2 is 0.938 bits per heavy atom. The lowest BCUT2D eigenvalue weighted by Gasteiger charge is -2.25. The van der Waals surface area contributed by atoms with Gasteiger partial charge in [0, 0.05) is 6.54 Å². The van der Waals surface area contributed by atoms with Gasteiger partial charge in [0.25, 0.3) is 23.6 Å². The van der Waals surface area contributed by atoms with Gasteiger partial charge < -0.3 is 4.74 Å². The number of ether oxygens (including phenoxy) is 1. The van der Waals surface area contributed by atoms with Crippen molar-refractivity contribution >= 4 is 122 Å². The number of carbonyl (C=O) groups excluding carboxylic acids is 5. The first kappa shape index (κ1) is 39.3. The summed E-state index contributed by atoms with van der Waals surface area (Å²) in [6.45, 7) is 2.15. The van der Waals surface area contributed by atoms with Crippen LogP contribution in [0.15, 0.2) is 0 Å². The molecule has 4 rings (SSSR count). The van der Waals surface area contributed by atoms with Crippen LogP contribution >= 0.6 is 92.8 Å². The molecule has 2 aliphatic heterocycles. The summed E-state index contributed by atoms with van der Waals surface area (Å²) < 4.78 is 5.54. The average Bonchev–Trinajstić information content (AvgIpc) is 3.47. The molecule has 8 nitrogen and oxygen atoms in total. The number of carbonyl (C=O) groups is 5. The number of halogens is 8. The quantitative estimate of drug-likeness (QED) is 0.0549. The Bertz CT molecular complexity index is 1570. The second kappa shape index (κ2) is 17.1. The molecule has 0 aliphatic carbocycles. The van der Waals surface area contributed by atoms with Crippen molar-refractivity contribution in [3.05, 3.63) is 62.4 Å². The highest BCUT2D eigenvalue weighted by Gasteiger charge is 2.47. The van der Waals surface area contributed by atoms with Gasteiger partial charge in [-0.15, -0.1) is 0 Å². The Balaban J connectivity index is 1.46. The van der Waals surface area contributed by atoms with E-state index in [-0.39, 0.29) is 94.8 Å². The summed E-state index contributed by atoms with van der Waals surface area (Å²) >= 11 is 49.6. The highest BCUT2D eigenvalue weighted by molar-refractivity contribution is 6.56. The maximum atomic E-state index is 13.6. The molecule has 0 bridgehead atoms. The van der Waals surface area contributed by atoms with E-state index in [0.717, 1.165) is 35.5 Å². The van der Waals surface area contributed by atoms with Crippen molar-refractivity contribution in [1.29, 1.82) is 0 Å². The summed E-state index contributed by atoms with van der Waals surface area (Å²) in [5, 5.41) is -1.63. The zero-order valence-electron chi connectivity index (χ0n) is 25.6. The standard InChI is InChI=1S/C32H30Cl8N2O6/c1-2-3-4-5-6-7-8-11-14-48-32(47)15(42-30(45)18-19(31(42)46)23(36)27(40)26(39)22(18)35)12-9-10-13-41-28(43)16-17(29(41)44)21(34)25(38)24(37)20(16)33/h15H,2-14H2,1H3. The van der Waals surface area contributed by atoms with Crippen LogP contribution in [0.5, 0.6) is 0 Å². The Morgan fingerprint density at radius 1 is 0.542 bits per heavy atom. The van der Waals surface area contributed by atoms with Crippen LogP contribution < -0.4 is 0 Å². The highest BCUT2D eigenvalue weighted by atomic mass is 35.5. The fraction of sp³-hybridized carbons (Fsp3) is 0.469. The predicted molar refractivity (Wildman–Crippen MR) is 190 cm³/mol. The molecule has 2 aromatic rings. The Morgan fingerprint density at radius 3 is 1.38 bits per heavy atom. The van der Waals surface area contributed by atoms with Crippen LogP contribution in [0.3, 0.4) is 0 Å². The molecule has 0 spiro atoms. The van der Waals surface area contributed by atoms with E-state index < -0.39 is 35.6 Å². The van der Waals surface area contributed by atoms with Gasteiger partial charge in [0.05, 0.1) is 69.0 Å². The fourth-order valence-electron chi connectivity index (χ4n) is 5.71. The molecule has 0 aromatic heterocycles. The second-order valence-corrected chi connectivity index (χ2v) is 14.4. The molecule has 1 unspecified atom stereocenters. The summed E-state index contributed by atoms with van der Waals surface area (Å²) in [4.78, 5) is 68.6. The van der Waals surface area contributed by atoms with Gasteiger partial charge in [-0.1, -0.05) is 145 Å². The van der Waals surface area contributed by atoms with Gasteiger partial charge in [-0.3, -0.25) is 29.0 Å². The monoisotopic (exact) mass is 818 g/mol. The van der Waals surface area contributed by atoms with Gasteiger partial charge in [0.2, 0.25) is 0 Å². The van der Waals surface area contributed by atoms with Crippen LogP contribution in [-0.4, -0.2) is 58.6 Å². The number of nitrogens with zero attached hydrogens (tertiary/aromatic N) is 2. The number of fused-ring (bicyclic) bond motifs is 2. The van der Waals surface area contributed by atoms with E-state index in [1.165, 1.54) is 19.3 Å². The van der Waals surface area contributed by atoms with Crippen molar-refractivity contribution < 1.29 is 28.7 Å². The lowest BCUT2D eigenvalue weighted by molar-refractivity contribution is -0.148. The van der Waals surface area contributed by atoms with E-state index in [1.807, 2.05) is 0 Å². The summed E-state index contributed by atoms with van der Waals surface area (Å²) in [5.41, 5.74) is -0.834. The Hall–Kier alpha value is -1.49. The van der Waals surface area contributed by atoms with E-state index in [9.17, 15) is 24.0 Å². The number of hydrogen-bond acceptors (Lipinski definition) is 6. The van der Waals surface area contributed by atoms with Gasteiger partial charge in [-0.2, -0.15) is 0 Å². The molecule has 0 saturated heterocycles. The van der Waals surface area contributed by atoms with Crippen LogP contribution in [-0.2, 0) is 9.53 Å². The molecule has 2 aromatic carbocycles. The van der Waals surface area contributed by atoms with Crippen molar-refractivity contribution in [2.24, 2.45) is 0 Å². The molecule has 48 heavy (non-hydrogen) atoms. The lowest BCUT2D eigenvalue weighted by Crippen LogP contribution is -2.46. The average molecular weight is 822 g/mol. The third-order valence-corrected chi connectivity index (χ3v) is 11.9. The molecule has 4 amide bonds. The predicted octanol–water partition coefficient (Wildman–Crippen LogP) is 11.0. The largest absolute Gasteiger partial charge is 0.464 e. The van der Waals surface area contributed by atoms with E-state index in [1.54, 1.807) is 0 Å². The first-order chi connectivity index (χ1) is 22.8. The molecule has 260 valence electrons. The molecular weight excluding hydrogens is 792 g/mol. The van der Waals surface area contributed by atoms with Crippen LogP contribution in [0, 0.1) is 0 Å². The molecule has 2 aliphatic rings. The Labute approximate surface area is 318 Å². The summed E-state index contributed by atoms with van der Waals surface area (Å²) in [6.07, 6.45) is 8.53. The summed E-state index contributed by atoms with van der Waals surface area (Å²) in [6, 6.07) is -1.38. The first-order valence-electron chi connectivity index (χ1n) is 15.4. The summed E-state index contributed by atoms with van der Waals surface area (Å²) in [5.74, 6) is -3.98. The van der Waals surface area contributed by atoms with Gasteiger partial charge in [-0.05, 0) is 25.7 Å². The number of amides is 4. The van der Waals surface area contributed by atoms with Crippen molar-refractivity contribution in [2.45, 2.75) is 83.6 Å². The minimum atomic E-state index is -1.38. The summed E-state index contributed by atoms with van der Waals surface area (Å²) in [7, 11) is 0. The number of benzene rings is 2. The van der Waals surface area contributed by atoms with Crippen LogP contribution in [0.1, 0.15) is 119 Å². The van der Waals surface area contributed by atoms with Gasteiger partial charge in [-0.25, -0.2) is 4.79 Å². The topological polar surface area (TPSA) is 101 Å². The van der Waals surface area contributed by atoms with Crippen molar-refractivity contribution in [1.82, 2.24) is 9.80 Å². The van der Waals surface area contributed by atoms with Crippen molar-refractivity contribution in [2.75, 3.05) is 13.2 Å². The van der Waals surface area contributed by atoms with E-state index in [2.05, 4.69) is 6.92 Å². The van der Waals surface area contributed by atoms with Crippen molar-refractivity contribution in [3.8, 4) is 0 Å². The van der Waals surface area contributed by atoms with Gasteiger partial charge >= 0.3 is 5.97 Å². The molecule has 0 fully saturated rings. The second-order valence-electron chi connectivity index (χ2n) is 11.4. The molecular formula is C32H30Cl8N2O6. The van der Waals surface area contributed by atoms with E-state index in [0.29, 0.717) is 6.42 Å². The smallest absolute Gasteiger partial charge is 0.329 e. The van der Waals surface area contributed by atoms with Crippen LogP contribution in [0.4, 0.5) is 0 Å². The molecule has 2 heterocycles. The number of unbranched alkanes of at least 4 members (excludes halogenated alkanes) is 8. The van der Waals surface area contributed by atoms with Gasteiger partial charge in [0.15, 0.2) is 0 Å². The highest BCUT2D eigenvalue weighted by Crippen LogP contribution is 2.46. The lowest BCUT2D eigenvalue weighted by atomic mass is 10.1. The first-order valence-corrected chi connectivity index (χ1v) is 18.4. The third-order valence-electron chi connectivity index (χ3n) is 8.25. The SMILES string of the molecule is CCCCCCCCCCOC(=O)C(CCCCN1C(=O)c2c(Cl)c(Cl)c(Cl)c(Cl)c2C1=O)N1C(=O)c2c(Cl)c(Cl)c(Cl)c(Cl)c2C1=O. The normalized spacial score (nSPS) is 14.7. The minimum Gasteiger partial charge on any atom is -0.464 e. The zero-order valence-corrected chi connectivity index (χ0v) is 31.7. The van der Waals surface area contributed by atoms with E-state index >= 15 is 0 Å². The number of esters is 1. The number of imide groups is 2. The molecule has 0 N–H and O–H groups in total. The molecule has 16 heteroatoms.